The summed E-state index contributed by atoms with van der Waals surface area (Å²) >= 11 is 0. The van der Waals surface area contributed by atoms with Gasteiger partial charge in [0.15, 0.2) is 0 Å². The number of carboxylic acids is 1. The quantitative estimate of drug-likeness (QED) is 0.932. The van der Waals surface area contributed by atoms with Crippen LogP contribution in [-0.4, -0.2) is 35.0 Å². The van der Waals surface area contributed by atoms with Crippen LogP contribution in [-0.2, 0) is 11.2 Å². The van der Waals surface area contributed by atoms with Crippen LogP contribution in [0.15, 0.2) is 54.6 Å². The van der Waals surface area contributed by atoms with Crippen molar-refractivity contribution in [3.05, 3.63) is 71.3 Å². The molecule has 2 aromatic carbocycles. The lowest BCUT2D eigenvalue weighted by Gasteiger charge is -2.17. The molecule has 0 bridgehead atoms. The maximum Gasteiger partial charge on any atom is 0.308 e. The van der Waals surface area contributed by atoms with Crippen molar-refractivity contribution in [2.24, 2.45) is 5.92 Å². The summed E-state index contributed by atoms with van der Waals surface area (Å²) in [5.41, 5.74) is 2.20. The van der Waals surface area contributed by atoms with E-state index >= 15 is 0 Å². The van der Waals surface area contributed by atoms with E-state index in [-0.39, 0.29) is 24.8 Å². The van der Waals surface area contributed by atoms with E-state index in [1.807, 2.05) is 30.3 Å². The molecular weight excluding hydrogens is 316 g/mol. The number of nitrogens with zero attached hydrogens (tertiary/aromatic N) is 2. The second-order valence-electron chi connectivity index (χ2n) is 6.21. The number of hydrogen-bond acceptors (Lipinski definition) is 3. The van der Waals surface area contributed by atoms with Crippen LogP contribution in [0.2, 0.25) is 0 Å². The molecule has 25 heavy (non-hydrogen) atoms. The number of hydrogen-bond donors (Lipinski definition) is 1. The Kier molecular flexibility index (Phi) is 4.80. The summed E-state index contributed by atoms with van der Waals surface area (Å²) in [5, 5.41) is 18.4. The molecule has 1 heterocycles. The Morgan fingerprint density at radius 3 is 2.56 bits per heavy atom. The van der Waals surface area contributed by atoms with E-state index < -0.39 is 11.9 Å². The molecule has 1 fully saturated rings. The van der Waals surface area contributed by atoms with Crippen LogP contribution < -0.4 is 0 Å². The van der Waals surface area contributed by atoms with Gasteiger partial charge in [-0.15, -0.1) is 0 Å². The molecular formula is C20H18N2O3. The fraction of sp³-hybridized carbons (Fsp3) is 0.250. The molecule has 1 saturated heterocycles. The monoisotopic (exact) mass is 334 g/mol. The second-order valence-corrected chi connectivity index (χ2v) is 6.21. The maximum absolute atomic E-state index is 12.8. The fourth-order valence-electron chi connectivity index (χ4n) is 3.35. The first kappa shape index (κ1) is 16.7. The average molecular weight is 334 g/mol. The van der Waals surface area contributed by atoms with Gasteiger partial charge in [-0.3, -0.25) is 9.59 Å². The zero-order valence-electron chi connectivity index (χ0n) is 13.6. The molecule has 1 aliphatic heterocycles. The summed E-state index contributed by atoms with van der Waals surface area (Å²) in [6.07, 6.45) is 0.242. The SMILES string of the molecule is N#CCc1cccc(C(=O)N2C[C@H](c3ccccc3)[C@H](C(=O)O)C2)c1. The van der Waals surface area contributed by atoms with Crippen molar-refractivity contribution >= 4 is 11.9 Å². The van der Waals surface area contributed by atoms with Crippen molar-refractivity contribution in [2.75, 3.05) is 13.1 Å². The van der Waals surface area contributed by atoms with Crippen LogP contribution in [0.5, 0.6) is 0 Å². The molecule has 126 valence electrons. The number of benzene rings is 2. The average Bonchev–Trinajstić information content (AvgIpc) is 3.08. The van der Waals surface area contributed by atoms with E-state index in [1.54, 1.807) is 29.2 Å². The Hall–Kier alpha value is -3.13. The molecule has 0 aliphatic carbocycles. The zero-order chi connectivity index (χ0) is 17.8. The summed E-state index contributed by atoms with van der Waals surface area (Å²) in [7, 11) is 0. The Balaban J connectivity index is 1.84. The summed E-state index contributed by atoms with van der Waals surface area (Å²) in [6, 6.07) is 18.5. The standard InChI is InChI=1S/C20H18N2O3/c21-10-9-14-5-4-8-16(11-14)19(23)22-12-17(18(13-22)20(24)25)15-6-2-1-3-7-15/h1-8,11,17-18H,9,12-13H2,(H,24,25)/t17-,18-/m1/s1. The highest BCUT2D eigenvalue weighted by Crippen LogP contribution is 2.33. The number of carbonyl (C=O) groups is 2. The number of carbonyl (C=O) groups excluding carboxylic acids is 1. The van der Waals surface area contributed by atoms with Gasteiger partial charge in [-0.05, 0) is 23.3 Å². The number of nitriles is 1. The van der Waals surface area contributed by atoms with Gasteiger partial charge in [-0.25, -0.2) is 0 Å². The van der Waals surface area contributed by atoms with Gasteiger partial charge in [0.25, 0.3) is 5.91 Å². The van der Waals surface area contributed by atoms with Gasteiger partial charge >= 0.3 is 5.97 Å². The van der Waals surface area contributed by atoms with E-state index in [2.05, 4.69) is 6.07 Å². The highest BCUT2D eigenvalue weighted by molar-refractivity contribution is 5.95. The number of rotatable bonds is 4. The lowest BCUT2D eigenvalue weighted by molar-refractivity contribution is -0.141. The molecule has 1 N–H and O–H groups in total. The van der Waals surface area contributed by atoms with Crippen LogP contribution in [0.25, 0.3) is 0 Å². The van der Waals surface area contributed by atoms with Crippen molar-refractivity contribution in [2.45, 2.75) is 12.3 Å². The minimum atomic E-state index is -0.887. The third kappa shape index (κ3) is 3.53. The summed E-state index contributed by atoms with van der Waals surface area (Å²) < 4.78 is 0. The topological polar surface area (TPSA) is 81.4 Å². The molecule has 1 aliphatic rings. The smallest absolute Gasteiger partial charge is 0.308 e. The van der Waals surface area contributed by atoms with Crippen LogP contribution in [0.4, 0.5) is 0 Å². The Bertz CT molecular complexity index is 826. The Labute approximate surface area is 146 Å². The molecule has 1 amide bonds. The normalized spacial score (nSPS) is 19.4. The third-order valence-corrected chi connectivity index (χ3v) is 4.61. The molecule has 0 unspecified atom stereocenters. The first-order valence-electron chi connectivity index (χ1n) is 8.13. The van der Waals surface area contributed by atoms with Gasteiger partial charge in [-0.2, -0.15) is 5.26 Å². The van der Waals surface area contributed by atoms with Crippen LogP contribution in [0, 0.1) is 17.2 Å². The minimum absolute atomic E-state index is 0.190. The lowest BCUT2D eigenvalue weighted by Crippen LogP contribution is -2.30. The summed E-state index contributed by atoms with van der Waals surface area (Å²) in [5.74, 6) is -1.91. The van der Waals surface area contributed by atoms with E-state index in [1.165, 1.54) is 0 Å². The van der Waals surface area contributed by atoms with Gasteiger partial charge < -0.3 is 10.0 Å². The molecule has 5 nitrogen and oxygen atoms in total. The van der Waals surface area contributed by atoms with E-state index in [4.69, 9.17) is 5.26 Å². The van der Waals surface area contributed by atoms with E-state index in [0.717, 1.165) is 11.1 Å². The number of aliphatic carboxylic acids is 1. The van der Waals surface area contributed by atoms with Crippen LogP contribution >= 0.6 is 0 Å². The van der Waals surface area contributed by atoms with Crippen LogP contribution in [0.3, 0.4) is 0 Å². The van der Waals surface area contributed by atoms with Gasteiger partial charge in [0.1, 0.15) is 0 Å². The summed E-state index contributed by atoms with van der Waals surface area (Å²) in [6.45, 7) is 0.568. The first-order valence-corrected chi connectivity index (χ1v) is 8.13. The molecule has 3 rings (SSSR count). The van der Waals surface area contributed by atoms with Crippen molar-refractivity contribution in [1.29, 1.82) is 5.26 Å². The van der Waals surface area contributed by atoms with Gasteiger partial charge in [0.05, 0.1) is 18.4 Å². The predicted octanol–water partition coefficient (Wildman–Crippen LogP) is 2.69. The zero-order valence-corrected chi connectivity index (χ0v) is 13.6. The molecule has 2 aromatic rings. The van der Waals surface area contributed by atoms with Gasteiger partial charge in [0.2, 0.25) is 0 Å². The lowest BCUT2D eigenvalue weighted by atomic mass is 9.89. The molecule has 0 spiro atoms. The van der Waals surface area contributed by atoms with Crippen molar-refractivity contribution in [1.82, 2.24) is 4.90 Å². The minimum Gasteiger partial charge on any atom is -0.481 e. The highest BCUT2D eigenvalue weighted by Gasteiger charge is 2.40. The Morgan fingerprint density at radius 1 is 1.12 bits per heavy atom. The highest BCUT2D eigenvalue weighted by atomic mass is 16.4. The maximum atomic E-state index is 12.8. The van der Waals surface area contributed by atoms with Crippen molar-refractivity contribution in [3.8, 4) is 6.07 Å². The molecule has 0 aromatic heterocycles. The molecule has 5 heteroatoms. The molecule has 2 atom stereocenters. The van der Waals surface area contributed by atoms with E-state index in [0.29, 0.717) is 12.1 Å². The first-order chi connectivity index (χ1) is 12.1. The molecule has 0 saturated carbocycles. The second kappa shape index (κ2) is 7.18. The summed E-state index contributed by atoms with van der Waals surface area (Å²) in [4.78, 5) is 26.1. The third-order valence-electron chi connectivity index (χ3n) is 4.61. The van der Waals surface area contributed by atoms with Crippen LogP contribution in [0.1, 0.15) is 27.4 Å². The number of likely N-dealkylation sites (tertiary alicyclic amines) is 1. The number of amides is 1. The van der Waals surface area contributed by atoms with Crippen molar-refractivity contribution in [3.63, 3.8) is 0 Å². The van der Waals surface area contributed by atoms with Gasteiger partial charge in [-0.1, -0.05) is 42.5 Å². The largest absolute Gasteiger partial charge is 0.481 e. The number of carboxylic acid groups (broad SMARTS) is 1. The fourth-order valence-corrected chi connectivity index (χ4v) is 3.35. The molecule has 0 radical (unpaired) electrons. The predicted molar refractivity (Wildman–Crippen MR) is 92.0 cm³/mol. The van der Waals surface area contributed by atoms with Gasteiger partial charge in [0, 0.05) is 24.6 Å². The Morgan fingerprint density at radius 2 is 1.88 bits per heavy atom. The van der Waals surface area contributed by atoms with Crippen molar-refractivity contribution < 1.29 is 14.7 Å². The van der Waals surface area contributed by atoms with E-state index in [9.17, 15) is 14.7 Å².